The molecule has 0 bridgehead atoms. The van der Waals surface area contributed by atoms with Crippen LogP contribution in [0.4, 0.5) is 5.69 Å². The van der Waals surface area contributed by atoms with E-state index in [1.165, 1.54) is 0 Å². The van der Waals surface area contributed by atoms with Gasteiger partial charge in [0.2, 0.25) is 5.91 Å². The summed E-state index contributed by atoms with van der Waals surface area (Å²) in [6.07, 6.45) is 0.375. The molecular formula is C18H14BrNO. The number of anilines is 1. The summed E-state index contributed by atoms with van der Waals surface area (Å²) < 4.78 is 0.919. The molecule has 1 N–H and O–H groups in total. The summed E-state index contributed by atoms with van der Waals surface area (Å²) in [7, 11) is 0. The van der Waals surface area contributed by atoms with Crippen molar-refractivity contribution in [1.29, 1.82) is 0 Å². The van der Waals surface area contributed by atoms with E-state index < -0.39 is 0 Å². The minimum atomic E-state index is -0.0165. The molecule has 3 rings (SSSR count). The maximum absolute atomic E-state index is 12.1. The number of benzene rings is 3. The first-order chi connectivity index (χ1) is 10.2. The molecule has 0 aliphatic heterocycles. The topological polar surface area (TPSA) is 29.1 Å². The Kier molecular flexibility index (Phi) is 4.02. The fourth-order valence-corrected chi connectivity index (χ4v) is 2.90. The van der Waals surface area contributed by atoms with Gasteiger partial charge in [-0.3, -0.25) is 4.79 Å². The highest BCUT2D eigenvalue weighted by molar-refractivity contribution is 9.10. The molecule has 2 nitrogen and oxygen atoms in total. The average Bonchev–Trinajstić information content (AvgIpc) is 2.51. The Morgan fingerprint density at radius 1 is 0.905 bits per heavy atom. The molecule has 3 heteroatoms. The first-order valence-electron chi connectivity index (χ1n) is 6.75. The van der Waals surface area contributed by atoms with E-state index in [2.05, 4.69) is 27.3 Å². The molecule has 0 spiro atoms. The van der Waals surface area contributed by atoms with Crippen LogP contribution in [0.1, 0.15) is 5.56 Å². The van der Waals surface area contributed by atoms with Crippen LogP contribution in [0.3, 0.4) is 0 Å². The third-order valence-electron chi connectivity index (χ3n) is 3.34. The number of rotatable bonds is 3. The molecule has 21 heavy (non-hydrogen) atoms. The molecule has 3 aromatic rings. The highest BCUT2D eigenvalue weighted by Crippen LogP contribution is 2.31. The Labute approximate surface area is 131 Å². The van der Waals surface area contributed by atoms with Gasteiger partial charge in [0.25, 0.3) is 0 Å². The number of amides is 1. The van der Waals surface area contributed by atoms with Crippen LogP contribution in [0.2, 0.25) is 0 Å². The molecule has 0 saturated heterocycles. The van der Waals surface area contributed by atoms with Crippen molar-refractivity contribution in [2.45, 2.75) is 6.42 Å². The fraction of sp³-hybridized carbons (Fsp3) is 0.0556. The first-order valence-corrected chi connectivity index (χ1v) is 7.54. The Balaban J connectivity index is 1.82. The van der Waals surface area contributed by atoms with Crippen LogP contribution in [0, 0.1) is 0 Å². The molecule has 3 aromatic carbocycles. The molecule has 0 fully saturated rings. The molecule has 0 radical (unpaired) electrons. The lowest BCUT2D eigenvalue weighted by molar-refractivity contribution is -0.115. The minimum absolute atomic E-state index is 0.0165. The summed E-state index contributed by atoms with van der Waals surface area (Å²) in [6, 6.07) is 21.7. The first kappa shape index (κ1) is 13.8. The molecule has 0 aromatic heterocycles. The van der Waals surface area contributed by atoms with Crippen LogP contribution < -0.4 is 5.32 Å². The van der Waals surface area contributed by atoms with E-state index in [1.54, 1.807) is 0 Å². The maximum Gasteiger partial charge on any atom is 0.228 e. The van der Waals surface area contributed by atoms with Crippen molar-refractivity contribution in [1.82, 2.24) is 0 Å². The zero-order chi connectivity index (χ0) is 14.7. The molecule has 0 aliphatic rings. The summed E-state index contributed by atoms with van der Waals surface area (Å²) >= 11 is 3.58. The molecule has 0 saturated carbocycles. The van der Waals surface area contributed by atoms with Gasteiger partial charge in [0.05, 0.1) is 12.1 Å². The van der Waals surface area contributed by atoms with Gasteiger partial charge in [-0.1, -0.05) is 60.7 Å². The van der Waals surface area contributed by atoms with Crippen molar-refractivity contribution in [3.63, 3.8) is 0 Å². The number of hydrogen-bond acceptors (Lipinski definition) is 1. The number of hydrogen-bond donors (Lipinski definition) is 1. The number of carbonyl (C=O) groups is 1. The Morgan fingerprint density at radius 2 is 1.62 bits per heavy atom. The lowest BCUT2D eigenvalue weighted by atomic mass is 10.1. The Morgan fingerprint density at radius 3 is 2.43 bits per heavy atom. The van der Waals surface area contributed by atoms with Crippen LogP contribution in [0.25, 0.3) is 10.8 Å². The van der Waals surface area contributed by atoms with Gasteiger partial charge in [-0.05, 0) is 38.3 Å². The molecule has 0 heterocycles. The van der Waals surface area contributed by atoms with Crippen LogP contribution in [-0.2, 0) is 11.2 Å². The molecule has 0 unspecified atom stereocenters. The van der Waals surface area contributed by atoms with Gasteiger partial charge in [0.15, 0.2) is 0 Å². The normalized spacial score (nSPS) is 10.5. The average molecular weight is 340 g/mol. The zero-order valence-electron chi connectivity index (χ0n) is 11.3. The second-order valence-electron chi connectivity index (χ2n) is 4.86. The van der Waals surface area contributed by atoms with Gasteiger partial charge < -0.3 is 5.32 Å². The minimum Gasteiger partial charge on any atom is -0.325 e. The van der Waals surface area contributed by atoms with E-state index in [4.69, 9.17) is 0 Å². The van der Waals surface area contributed by atoms with Gasteiger partial charge in [-0.2, -0.15) is 0 Å². The van der Waals surface area contributed by atoms with Crippen LogP contribution in [-0.4, -0.2) is 5.91 Å². The van der Waals surface area contributed by atoms with Crippen molar-refractivity contribution in [2.24, 2.45) is 0 Å². The van der Waals surface area contributed by atoms with Gasteiger partial charge in [0, 0.05) is 4.47 Å². The summed E-state index contributed by atoms with van der Waals surface area (Å²) in [4.78, 5) is 12.1. The van der Waals surface area contributed by atoms with E-state index in [9.17, 15) is 4.79 Å². The summed E-state index contributed by atoms with van der Waals surface area (Å²) in [6.45, 7) is 0. The number of fused-ring (bicyclic) bond motifs is 1. The second-order valence-corrected chi connectivity index (χ2v) is 5.65. The SMILES string of the molecule is O=C(Cc1ccccc1)Nc1ccc2ccccc2c1Br. The van der Waals surface area contributed by atoms with Crippen molar-refractivity contribution in [3.8, 4) is 0 Å². The molecule has 0 aliphatic carbocycles. The van der Waals surface area contributed by atoms with Crippen LogP contribution in [0.15, 0.2) is 71.2 Å². The fourth-order valence-electron chi connectivity index (χ4n) is 2.31. The van der Waals surface area contributed by atoms with E-state index in [0.29, 0.717) is 6.42 Å². The Bertz CT molecular complexity index is 784. The summed E-state index contributed by atoms with van der Waals surface area (Å²) in [5.74, 6) is -0.0165. The van der Waals surface area contributed by atoms with E-state index in [0.717, 1.165) is 26.5 Å². The smallest absolute Gasteiger partial charge is 0.228 e. The lowest BCUT2D eigenvalue weighted by Crippen LogP contribution is -2.14. The molecule has 0 atom stereocenters. The molecular weight excluding hydrogens is 326 g/mol. The highest BCUT2D eigenvalue weighted by atomic mass is 79.9. The van der Waals surface area contributed by atoms with Gasteiger partial charge in [-0.25, -0.2) is 0 Å². The standard InChI is InChI=1S/C18H14BrNO/c19-18-15-9-5-4-8-14(15)10-11-16(18)20-17(21)12-13-6-2-1-3-7-13/h1-11H,12H2,(H,20,21). The van der Waals surface area contributed by atoms with Crippen molar-refractivity contribution in [3.05, 3.63) is 76.8 Å². The zero-order valence-corrected chi connectivity index (χ0v) is 12.9. The van der Waals surface area contributed by atoms with Gasteiger partial charge in [-0.15, -0.1) is 0 Å². The number of nitrogens with one attached hydrogen (secondary N) is 1. The predicted octanol–water partition coefficient (Wildman–Crippen LogP) is 4.78. The molecule has 1 amide bonds. The highest BCUT2D eigenvalue weighted by Gasteiger charge is 2.08. The lowest BCUT2D eigenvalue weighted by Gasteiger charge is -2.10. The van der Waals surface area contributed by atoms with Crippen molar-refractivity contribution < 1.29 is 4.79 Å². The number of halogens is 1. The summed E-state index contributed by atoms with van der Waals surface area (Å²) in [5, 5.41) is 5.20. The second kappa shape index (κ2) is 6.10. The van der Waals surface area contributed by atoms with Crippen molar-refractivity contribution >= 4 is 38.3 Å². The third-order valence-corrected chi connectivity index (χ3v) is 4.20. The largest absolute Gasteiger partial charge is 0.325 e. The maximum atomic E-state index is 12.1. The molecule has 104 valence electrons. The van der Waals surface area contributed by atoms with Gasteiger partial charge in [0.1, 0.15) is 0 Å². The number of carbonyl (C=O) groups excluding carboxylic acids is 1. The summed E-state index contributed by atoms with van der Waals surface area (Å²) in [5.41, 5.74) is 1.81. The van der Waals surface area contributed by atoms with Crippen LogP contribution >= 0.6 is 15.9 Å². The Hall–Kier alpha value is -2.13. The third kappa shape index (κ3) is 3.14. The predicted molar refractivity (Wildman–Crippen MR) is 90.4 cm³/mol. The van der Waals surface area contributed by atoms with E-state index in [-0.39, 0.29) is 5.91 Å². The van der Waals surface area contributed by atoms with Crippen molar-refractivity contribution in [2.75, 3.05) is 5.32 Å². The van der Waals surface area contributed by atoms with E-state index in [1.807, 2.05) is 60.7 Å². The van der Waals surface area contributed by atoms with Gasteiger partial charge >= 0.3 is 0 Å². The monoisotopic (exact) mass is 339 g/mol. The van der Waals surface area contributed by atoms with Crippen LogP contribution in [0.5, 0.6) is 0 Å². The quantitative estimate of drug-likeness (QED) is 0.730. The van der Waals surface area contributed by atoms with E-state index >= 15 is 0 Å².